The molecule has 2 aromatic carbocycles. The number of benzene rings is 2. The largest absolute Gasteiger partial charge is 0.378 e. The Bertz CT molecular complexity index is 1470. The molecule has 0 saturated carbocycles. The van der Waals surface area contributed by atoms with Crippen LogP contribution >= 0.6 is 0 Å². The average molecular weight is 629 g/mol. The predicted octanol–water partition coefficient (Wildman–Crippen LogP) is 2.94. The molecular formula is C33H44N10O3. The van der Waals surface area contributed by atoms with Gasteiger partial charge in [0.2, 0.25) is 11.9 Å². The highest BCUT2D eigenvalue weighted by atomic mass is 16.5. The molecule has 3 saturated heterocycles. The summed E-state index contributed by atoms with van der Waals surface area (Å²) < 4.78 is 5.55. The second-order valence-electron chi connectivity index (χ2n) is 12.0. The molecule has 0 aliphatic carbocycles. The zero-order chi connectivity index (χ0) is 31.9. The first kappa shape index (κ1) is 31.6. The maximum absolute atomic E-state index is 12.9. The number of piperazine rings is 1. The van der Waals surface area contributed by atoms with E-state index in [1.54, 1.807) is 24.3 Å². The Morgan fingerprint density at radius 1 is 0.717 bits per heavy atom. The minimum absolute atomic E-state index is 0.0215. The molecule has 0 atom stereocenters. The number of nitrogens with one attached hydrogen (secondary N) is 2. The summed E-state index contributed by atoms with van der Waals surface area (Å²) in [5.41, 5.74) is 2.70. The predicted molar refractivity (Wildman–Crippen MR) is 180 cm³/mol. The third-order valence-corrected chi connectivity index (χ3v) is 8.81. The van der Waals surface area contributed by atoms with Crippen molar-refractivity contribution in [1.29, 1.82) is 0 Å². The van der Waals surface area contributed by atoms with E-state index in [1.165, 1.54) is 0 Å². The third-order valence-electron chi connectivity index (χ3n) is 8.81. The van der Waals surface area contributed by atoms with E-state index in [9.17, 15) is 9.59 Å². The Kier molecular flexibility index (Phi) is 10.2. The topological polar surface area (TPSA) is 122 Å². The van der Waals surface area contributed by atoms with E-state index >= 15 is 0 Å². The van der Waals surface area contributed by atoms with Crippen molar-refractivity contribution < 1.29 is 14.3 Å². The Labute approximate surface area is 270 Å². The SMILES string of the molecule is CCN1CCN(C(=O)c2ccc(NC(=O)Nc3ccc(-c4nc(N5CCOCC5)nc(N5CCCN(C)CC5)n4)cc3)cc2)CC1. The van der Waals surface area contributed by atoms with Gasteiger partial charge in [0, 0.05) is 81.4 Å². The van der Waals surface area contributed by atoms with Crippen LogP contribution in [-0.4, -0.2) is 134 Å². The molecule has 2 N–H and O–H groups in total. The number of morpholine rings is 1. The van der Waals surface area contributed by atoms with Crippen LogP contribution in [0.1, 0.15) is 23.7 Å². The summed E-state index contributed by atoms with van der Waals surface area (Å²) in [6.07, 6.45) is 1.05. The van der Waals surface area contributed by atoms with Crippen LogP contribution in [0.4, 0.5) is 28.1 Å². The van der Waals surface area contributed by atoms with Crippen LogP contribution in [0.3, 0.4) is 0 Å². The summed E-state index contributed by atoms with van der Waals surface area (Å²) in [4.78, 5) is 51.3. The van der Waals surface area contributed by atoms with Gasteiger partial charge in [-0.15, -0.1) is 0 Å². The molecule has 4 heterocycles. The number of aromatic nitrogens is 3. The highest BCUT2D eigenvalue weighted by molar-refractivity contribution is 6.00. The Morgan fingerprint density at radius 3 is 1.96 bits per heavy atom. The first-order valence-corrected chi connectivity index (χ1v) is 16.3. The van der Waals surface area contributed by atoms with Crippen LogP contribution in [0, 0.1) is 0 Å². The summed E-state index contributed by atoms with van der Waals surface area (Å²) in [5, 5.41) is 5.74. The molecule has 3 aliphatic rings. The number of carbonyl (C=O) groups is 2. The lowest BCUT2D eigenvalue weighted by atomic mass is 10.1. The molecule has 0 unspecified atom stereocenters. The van der Waals surface area contributed by atoms with Crippen LogP contribution < -0.4 is 20.4 Å². The molecule has 13 nitrogen and oxygen atoms in total. The minimum atomic E-state index is -0.370. The van der Waals surface area contributed by atoms with Crippen LogP contribution in [0.15, 0.2) is 48.5 Å². The summed E-state index contributed by atoms with van der Waals surface area (Å²) in [6.45, 7) is 12.9. The molecule has 3 fully saturated rings. The third kappa shape index (κ3) is 7.90. The fourth-order valence-electron chi connectivity index (χ4n) is 5.92. The van der Waals surface area contributed by atoms with Crippen molar-refractivity contribution in [3.8, 4) is 11.4 Å². The maximum Gasteiger partial charge on any atom is 0.323 e. The fourth-order valence-corrected chi connectivity index (χ4v) is 5.92. The fraction of sp³-hybridized carbons (Fsp3) is 0.485. The number of nitrogens with zero attached hydrogens (tertiary/aromatic N) is 8. The number of anilines is 4. The van der Waals surface area contributed by atoms with Crippen molar-refractivity contribution in [2.24, 2.45) is 0 Å². The van der Waals surface area contributed by atoms with Crippen molar-refractivity contribution in [3.63, 3.8) is 0 Å². The van der Waals surface area contributed by atoms with Crippen molar-refractivity contribution in [1.82, 2.24) is 29.7 Å². The minimum Gasteiger partial charge on any atom is -0.378 e. The lowest BCUT2D eigenvalue weighted by molar-refractivity contribution is 0.0643. The van der Waals surface area contributed by atoms with Gasteiger partial charge in [-0.25, -0.2) is 4.79 Å². The molecule has 46 heavy (non-hydrogen) atoms. The zero-order valence-electron chi connectivity index (χ0n) is 26.8. The van der Waals surface area contributed by atoms with Gasteiger partial charge in [-0.1, -0.05) is 6.92 Å². The zero-order valence-corrected chi connectivity index (χ0v) is 26.8. The van der Waals surface area contributed by atoms with E-state index in [2.05, 4.69) is 44.2 Å². The molecule has 3 aromatic rings. The highest BCUT2D eigenvalue weighted by Gasteiger charge is 2.23. The highest BCUT2D eigenvalue weighted by Crippen LogP contribution is 2.24. The Morgan fingerprint density at radius 2 is 1.33 bits per heavy atom. The first-order chi connectivity index (χ1) is 22.4. The number of hydrogen-bond acceptors (Lipinski definition) is 10. The van der Waals surface area contributed by atoms with Crippen LogP contribution in [-0.2, 0) is 4.74 Å². The van der Waals surface area contributed by atoms with E-state index in [1.807, 2.05) is 29.2 Å². The van der Waals surface area contributed by atoms with Gasteiger partial charge in [-0.05, 0) is 75.1 Å². The van der Waals surface area contributed by atoms with Gasteiger partial charge in [0.1, 0.15) is 0 Å². The second-order valence-corrected chi connectivity index (χ2v) is 12.0. The first-order valence-electron chi connectivity index (χ1n) is 16.3. The van der Waals surface area contributed by atoms with E-state index in [0.29, 0.717) is 47.9 Å². The number of likely N-dealkylation sites (N-methyl/N-ethyl adjacent to an activating group) is 2. The molecule has 0 radical (unpaired) electrons. The smallest absolute Gasteiger partial charge is 0.323 e. The summed E-state index contributed by atoms with van der Waals surface area (Å²) in [6, 6.07) is 14.2. The Hall–Kier alpha value is -4.33. The maximum atomic E-state index is 12.9. The lowest BCUT2D eigenvalue weighted by Gasteiger charge is -2.34. The van der Waals surface area contributed by atoms with Gasteiger partial charge in [-0.3, -0.25) is 4.79 Å². The number of hydrogen-bond donors (Lipinski definition) is 2. The van der Waals surface area contributed by atoms with Gasteiger partial charge in [0.25, 0.3) is 5.91 Å². The van der Waals surface area contributed by atoms with Gasteiger partial charge in [-0.2, -0.15) is 15.0 Å². The van der Waals surface area contributed by atoms with Crippen LogP contribution in [0.2, 0.25) is 0 Å². The van der Waals surface area contributed by atoms with Crippen molar-refractivity contribution in [2.75, 3.05) is 113 Å². The molecular weight excluding hydrogens is 584 g/mol. The van der Waals surface area contributed by atoms with Crippen LogP contribution in [0.25, 0.3) is 11.4 Å². The molecule has 1 aromatic heterocycles. The van der Waals surface area contributed by atoms with Gasteiger partial charge < -0.3 is 39.9 Å². The van der Waals surface area contributed by atoms with Crippen molar-refractivity contribution in [2.45, 2.75) is 13.3 Å². The quantitative estimate of drug-likeness (QED) is 0.404. The number of urea groups is 1. The van der Waals surface area contributed by atoms with E-state index in [0.717, 1.165) is 84.0 Å². The molecule has 0 spiro atoms. The lowest BCUT2D eigenvalue weighted by Crippen LogP contribution is -2.48. The molecule has 3 aliphatic heterocycles. The summed E-state index contributed by atoms with van der Waals surface area (Å²) in [7, 11) is 2.15. The normalized spacial score (nSPS) is 18.3. The summed E-state index contributed by atoms with van der Waals surface area (Å²) in [5.74, 6) is 1.97. The second kappa shape index (κ2) is 14.8. The number of carbonyl (C=O) groups excluding carboxylic acids is 2. The number of ether oxygens (including phenoxy) is 1. The van der Waals surface area contributed by atoms with E-state index < -0.39 is 0 Å². The van der Waals surface area contributed by atoms with E-state index in [-0.39, 0.29) is 11.9 Å². The van der Waals surface area contributed by atoms with Crippen LogP contribution in [0.5, 0.6) is 0 Å². The molecule has 13 heteroatoms. The number of rotatable bonds is 7. The van der Waals surface area contributed by atoms with Crippen molar-refractivity contribution >= 4 is 35.2 Å². The molecule has 0 bridgehead atoms. The molecule has 6 rings (SSSR count). The average Bonchev–Trinajstić information content (AvgIpc) is 3.33. The van der Waals surface area contributed by atoms with Gasteiger partial charge >= 0.3 is 6.03 Å². The monoisotopic (exact) mass is 628 g/mol. The van der Waals surface area contributed by atoms with Crippen molar-refractivity contribution in [3.05, 3.63) is 54.1 Å². The molecule has 3 amide bonds. The Balaban J connectivity index is 1.10. The van der Waals surface area contributed by atoms with Gasteiger partial charge in [0.15, 0.2) is 5.82 Å². The van der Waals surface area contributed by atoms with Gasteiger partial charge in [0.05, 0.1) is 13.2 Å². The summed E-state index contributed by atoms with van der Waals surface area (Å²) >= 11 is 0. The number of amides is 3. The standard InChI is InChI=1S/C33H44N10O3/c1-3-40-16-19-41(20-17-40)30(44)26-7-11-28(12-8-26)35-33(45)34-27-9-5-25(6-10-27)29-36-31(42-14-4-13-39(2)15-18-42)38-32(37-29)43-21-23-46-24-22-43/h5-12H,3-4,13-24H2,1-2H3,(H2,34,35,45). The van der Waals surface area contributed by atoms with E-state index in [4.69, 9.17) is 19.7 Å². The molecule has 244 valence electrons.